The lowest BCUT2D eigenvalue weighted by Crippen LogP contribution is -2.48. The lowest BCUT2D eigenvalue weighted by Gasteiger charge is -2.38. The highest BCUT2D eigenvalue weighted by atomic mass is 16.3. The van der Waals surface area contributed by atoms with E-state index in [0.29, 0.717) is 39.0 Å². The molecule has 0 bridgehead atoms. The molecule has 2 aliphatic heterocycles. The minimum atomic E-state index is -0.922. The Hall–Kier alpha value is -2.15. The van der Waals surface area contributed by atoms with Crippen molar-refractivity contribution in [3.05, 3.63) is 30.1 Å². The van der Waals surface area contributed by atoms with Crippen molar-refractivity contribution in [2.24, 2.45) is 0 Å². The highest BCUT2D eigenvalue weighted by molar-refractivity contribution is 5.85. The molecule has 1 N–H and O–H groups in total. The molecule has 3 heterocycles. The van der Waals surface area contributed by atoms with Crippen LogP contribution in [-0.4, -0.2) is 76.5 Å². The van der Waals surface area contributed by atoms with Gasteiger partial charge < -0.3 is 19.8 Å². The molecule has 0 atom stereocenters. The monoisotopic (exact) mass is 318 g/mol. The summed E-state index contributed by atoms with van der Waals surface area (Å²) in [5, 5.41) is 10.8. The number of likely N-dealkylation sites (tertiary alicyclic amines) is 1. The fourth-order valence-corrected chi connectivity index (χ4v) is 3.17. The Morgan fingerprint density at radius 1 is 1.30 bits per heavy atom. The Balaban J connectivity index is 1.56. The van der Waals surface area contributed by atoms with Gasteiger partial charge >= 0.3 is 6.03 Å². The van der Waals surface area contributed by atoms with Gasteiger partial charge in [-0.25, -0.2) is 4.79 Å². The fourth-order valence-electron chi connectivity index (χ4n) is 3.17. The summed E-state index contributed by atoms with van der Waals surface area (Å²) in [5.74, 6) is -0.0538. The van der Waals surface area contributed by atoms with E-state index in [-0.39, 0.29) is 18.5 Å². The molecule has 2 saturated heterocycles. The maximum Gasteiger partial charge on any atom is 0.320 e. The van der Waals surface area contributed by atoms with Crippen molar-refractivity contribution in [1.29, 1.82) is 0 Å². The normalized spacial score (nSPS) is 21.0. The molecule has 0 aromatic carbocycles. The van der Waals surface area contributed by atoms with Gasteiger partial charge in [-0.1, -0.05) is 6.07 Å². The molecular weight excluding hydrogens is 296 g/mol. The third-order valence-corrected chi connectivity index (χ3v) is 4.77. The van der Waals surface area contributed by atoms with Crippen molar-refractivity contribution in [1.82, 2.24) is 19.7 Å². The van der Waals surface area contributed by atoms with Crippen LogP contribution in [0.2, 0.25) is 0 Å². The maximum absolute atomic E-state index is 12.4. The highest BCUT2D eigenvalue weighted by Gasteiger charge is 2.36. The van der Waals surface area contributed by atoms with Crippen molar-refractivity contribution in [2.45, 2.75) is 18.4 Å². The summed E-state index contributed by atoms with van der Waals surface area (Å²) < 4.78 is 0. The highest BCUT2D eigenvalue weighted by Crippen LogP contribution is 2.32. The summed E-state index contributed by atoms with van der Waals surface area (Å²) in [6.07, 6.45) is 4.32. The summed E-state index contributed by atoms with van der Waals surface area (Å²) >= 11 is 0. The van der Waals surface area contributed by atoms with Crippen LogP contribution in [-0.2, 0) is 10.4 Å². The van der Waals surface area contributed by atoms with Crippen LogP contribution in [0.1, 0.15) is 18.4 Å². The molecule has 0 saturated carbocycles. The van der Waals surface area contributed by atoms with Gasteiger partial charge in [0.05, 0.1) is 5.60 Å². The first kappa shape index (κ1) is 15.7. The lowest BCUT2D eigenvalue weighted by atomic mass is 9.85. The third-order valence-electron chi connectivity index (χ3n) is 4.77. The number of likely N-dealkylation sites (N-methyl/N-ethyl adjacent to an activating group) is 1. The number of hydrogen-bond acceptors (Lipinski definition) is 4. The van der Waals surface area contributed by atoms with Crippen molar-refractivity contribution >= 4 is 11.9 Å². The molecule has 1 aromatic rings. The fraction of sp³-hybridized carbons (Fsp3) is 0.562. The van der Waals surface area contributed by atoms with Gasteiger partial charge in [0.1, 0.15) is 6.54 Å². The van der Waals surface area contributed by atoms with Crippen molar-refractivity contribution in [3.8, 4) is 0 Å². The number of amides is 3. The average Bonchev–Trinajstić information content (AvgIpc) is 2.88. The number of hydrogen-bond donors (Lipinski definition) is 1. The SMILES string of the molecule is CN1CCN(CC(=O)N2CCC(O)(c3cccnc3)CC2)C1=O. The molecular formula is C16H22N4O3. The molecule has 0 spiro atoms. The zero-order valence-corrected chi connectivity index (χ0v) is 13.3. The maximum atomic E-state index is 12.4. The number of carbonyl (C=O) groups is 2. The molecule has 2 aliphatic rings. The molecule has 0 aliphatic carbocycles. The van der Waals surface area contributed by atoms with Crippen LogP contribution in [0.25, 0.3) is 0 Å². The summed E-state index contributed by atoms with van der Waals surface area (Å²) in [4.78, 5) is 33.2. The second-order valence-electron chi connectivity index (χ2n) is 6.28. The standard InChI is InChI=1S/C16H22N4O3/c1-18-9-10-20(15(18)22)12-14(21)19-7-4-16(23,5-8-19)13-3-2-6-17-11-13/h2-3,6,11,23H,4-5,7-10,12H2,1H3. The molecule has 1 aromatic heterocycles. The number of pyridine rings is 1. The molecule has 3 rings (SSSR count). The number of carbonyl (C=O) groups excluding carboxylic acids is 2. The smallest absolute Gasteiger partial charge is 0.320 e. The number of urea groups is 1. The van der Waals surface area contributed by atoms with E-state index in [0.717, 1.165) is 5.56 Å². The molecule has 7 heteroatoms. The predicted octanol–water partition coefficient (Wildman–Crippen LogP) is 0.259. The number of piperidine rings is 1. The minimum Gasteiger partial charge on any atom is -0.385 e. The molecule has 3 amide bonds. The van der Waals surface area contributed by atoms with Gasteiger partial charge in [-0.3, -0.25) is 9.78 Å². The summed E-state index contributed by atoms with van der Waals surface area (Å²) in [7, 11) is 1.74. The molecule has 7 nitrogen and oxygen atoms in total. The number of rotatable bonds is 3. The number of aliphatic hydroxyl groups is 1. The van der Waals surface area contributed by atoms with Gasteiger partial charge in [-0.2, -0.15) is 0 Å². The first-order chi connectivity index (χ1) is 11.0. The van der Waals surface area contributed by atoms with Crippen LogP contribution in [0.15, 0.2) is 24.5 Å². The van der Waals surface area contributed by atoms with Crippen LogP contribution in [0, 0.1) is 0 Å². The zero-order valence-electron chi connectivity index (χ0n) is 13.3. The Bertz CT molecular complexity index is 584. The van der Waals surface area contributed by atoms with Gasteiger partial charge in [0.25, 0.3) is 0 Å². The van der Waals surface area contributed by atoms with E-state index in [1.165, 1.54) is 0 Å². The van der Waals surface area contributed by atoms with E-state index in [4.69, 9.17) is 0 Å². The van der Waals surface area contributed by atoms with Gasteiger partial charge in [-0.15, -0.1) is 0 Å². The van der Waals surface area contributed by atoms with E-state index in [2.05, 4.69) is 4.98 Å². The third kappa shape index (κ3) is 3.14. The van der Waals surface area contributed by atoms with Gasteiger partial charge in [0, 0.05) is 51.2 Å². The molecule has 23 heavy (non-hydrogen) atoms. The first-order valence-electron chi connectivity index (χ1n) is 7.90. The van der Waals surface area contributed by atoms with Gasteiger partial charge in [-0.05, 0) is 18.9 Å². The van der Waals surface area contributed by atoms with E-state index in [1.54, 1.807) is 40.2 Å². The van der Waals surface area contributed by atoms with Crippen molar-refractivity contribution in [2.75, 3.05) is 39.8 Å². The summed E-state index contributed by atoms with van der Waals surface area (Å²) in [6.45, 7) is 2.35. The Morgan fingerprint density at radius 2 is 2.04 bits per heavy atom. The molecule has 124 valence electrons. The first-order valence-corrected chi connectivity index (χ1v) is 7.90. The van der Waals surface area contributed by atoms with E-state index >= 15 is 0 Å². The largest absolute Gasteiger partial charge is 0.385 e. The Labute approximate surface area is 135 Å². The van der Waals surface area contributed by atoms with Crippen LogP contribution in [0.5, 0.6) is 0 Å². The van der Waals surface area contributed by atoms with Gasteiger partial charge in [0.2, 0.25) is 5.91 Å². The summed E-state index contributed by atoms with van der Waals surface area (Å²) in [5.41, 5.74) is -0.127. The van der Waals surface area contributed by atoms with Crippen LogP contribution >= 0.6 is 0 Å². The molecule has 0 radical (unpaired) electrons. The minimum absolute atomic E-state index is 0.0538. The second-order valence-corrected chi connectivity index (χ2v) is 6.28. The van der Waals surface area contributed by atoms with E-state index < -0.39 is 5.60 Å². The molecule has 0 unspecified atom stereocenters. The van der Waals surface area contributed by atoms with Crippen LogP contribution in [0.3, 0.4) is 0 Å². The summed E-state index contributed by atoms with van der Waals surface area (Å²) in [6, 6.07) is 3.58. The topological polar surface area (TPSA) is 77.0 Å². The van der Waals surface area contributed by atoms with E-state index in [1.807, 2.05) is 6.07 Å². The molecule has 2 fully saturated rings. The Morgan fingerprint density at radius 3 is 2.61 bits per heavy atom. The average molecular weight is 318 g/mol. The van der Waals surface area contributed by atoms with E-state index in [9.17, 15) is 14.7 Å². The quantitative estimate of drug-likeness (QED) is 0.867. The van der Waals surface area contributed by atoms with Crippen molar-refractivity contribution in [3.63, 3.8) is 0 Å². The number of aromatic nitrogens is 1. The zero-order chi connectivity index (χ0) is 16.4. The van der Waals surface area contributed by atoms with Crippen LogP contribution < -0.4 is 0 Å². The predicted molar refractivity (Wildman–Crippen MR) is 83.5 cm³/mol. The Kier molecular flexibility index (Phi) is 4.21. The van der Waals surface area contributed by atoms with Crippen molar-refractivity contribution < 1.29 is 14.7 Å². The second kappa shape index (κ2) is 6.16. The van der Waals surface area contributed by atoms with Crippen LogP contribution in [0.4, 0.5) is 4.79 Å². The number of nitrogens with zero attached hydrogens (tertiary/aromatic N) is 4. The van der Waals surface area contributed by atoms with Gasteiger partial charge in [0.15, 0.2) is 0 Å². The lowest BCUT2D eigenvalue weighted by molar-refractivity contribution is -0.136.